The number of ether oxygens (including phenoxy) is 1. The lowest BCUT2D eigenvalue weighted by molar-refractivity contribution is 0.0157. The lowest BCUT2D eigenvalue weighted by Gasteiger charge is -2.27. The van der Waals surface area contributed by atoms with E-state index in [0.717, 1.165) is 18.4 Å². The summed E-state index contributed by atoms with van der Waals surface area (Å²) in [6.07, 6.45) is 1.38. The minimum absolute atomic E-state index is 0.162. The van der Waals surface area contributed by atoms with E-state index >= 15 is 0 Å². The van der Waals surface area contributed by atoms with Crippen LogP contribution < -0.4 is 10.6 Å². The largest absolute Gasteiger partial charge is 0.389 e. The number of benzene rings is 1. The number of urea groups is 1. The first kappa shape index (κ1) is 14.8. The van der Waals surface area contributed by atoms with E-state index in [2.05, 4.69) is 10.6 Å². The van der Waals surface area contributed by atoms with Crippen LogP contribution >= 0.6 is 0 Å². The van der Waals surface area contributed by atoms with Gasteiger partial charge in [-0.1, -0.05) is 12.1 Å². The summed E-state index contributed by atoms with van der Waals surface area (Å²) in [5.41, 5.74) is 1.54. The Labute approximate surface area is 119 Å². The molecule has 1 aliphatic heterocycles. The molecule has 1 saturated heterocycles. The molecule has 0 radical (unpaired) electrons. The van der Waals surface area contributed by atoms with E-state index in [9.17, 15) is 9.90 Å². The predicted octanol–water partition coefficient (Wildman–Crippen LogP) is 2.43. The highest BCUT2D eigenvalue weighted by atomic mass is 16.5. The number of hydrogen-bond acceptors (Lipinski definition) is 3. The summed E-state index contributed by atoms with van der Waals surface area (Å²) < 4.78 is 5.45. The van der Waals surface area contributed by atoms with Crippen LogP contribution in [0, 0.1) is 0 Å². The van der Waals surface area contributed by atoms with E-state index in [4.69, 9.17) is 4.74 Å². The van der Waals surface area contributed by atoms with E-state index in [1.165, 1.54) is 0 Å². The smallest absolute Gasteiger partial charge is 0.319 e. The summed E-state index contributed by atoms with van der Waals surface area (Å²) in [5.74, 6) is 0. The van der Waals surface area contributed by atoms with Crippen LogP contribution in [-0.4, -0.2) is 29.9 Å². The standard InChI is InChI=1S/C15H22N2O3/c1-10-9-14(7-8-20-10)17-15(19)16-13-5-3-12(4-6-13)11(2)18/h3-6,10-11,14,18H,7-9H2,1-2H3,(H2,16,17,19). The number of carbonyl (C=O) groups is 1. The molecule has 110 valence electrons. The maximum Gasteiger partial charge on any atom is 0.319 e. The van der Waals surface area contributed by atoms with Gasteiger partial charge < -0.3 is 20.5 Å². The molecule has 1 aliphatic rings. The maximum atomic E-state index is 11.9. The van der Waals surface area contributed by atoms with Crippen LogP contribution in [0.2, 0.25) is 0 Å². The molecule has 3 N–H and O–H groups in total. The van der Waals surface area contributed by atoms with E-state index in [1.807, 2.05) is 6.92 Å². The average molecular weight is 278 g/mol. The Morgan fingerprint density at radius 2 is 2.10 bits per heavy atom. The van der Waals surface area contributed by atoms with Gasteiger partial charge in [0.05, 0.1) is 12.2 Å². The van der Waals surface area contributed by atoms with Crippen molar-refractivity contribution >= 4 is 11.7 Å². The molecule has 0 aromatic heterocycles. The lowest BCUT2D eigenvalue weighted by atomic mass is 10.0. The highest BCUT2D eigenvalue weighted by Crippen LogP contribution is 2.16. The maximum absolute atomic E-state index is 11.9. The number of aliphatic hydroxyl groups excluding tert-OH is 1. The molecule has 0 aliphatic carbocycles. The summed E-state index contributed by atoms with van der Waals surface area (Å²) in [4.78, 5) is 11.9. The van der Waals surface area contributed by atoms with Crippen molar-refractivity contribution in [2.45, 2.75) is 44.9 Å². The lowest BCUT2D eigenvalue weighted by Crippen LogP contribution is -2.43. The molecule has 0 spiro atoms. The second kappa shape index (κ2) is 6.72. The van der Waals surface area contributed by atoms with Gasteiger partial charge in [0, 0.05) is 18.3 Å². The van der Waals surface area contributed by atoms with Crippen LogP contribution in [0.5, 0.6) is 0 Å². The molecular formula is C15H22N2O3. The summed E-state index contributed by atoms with van der Waals surface area (Å²) >= 11 is 0. The highest BCUT2D eigenvalue weighted by molar-refractivity contribution is 5.89. The van der Waals surface area contributed by atoms with Gasteiger partial charge in [-0.25, -0.2) is 4.79 Å². The molecule has 2 rings (SSSR count). The van der Waals surface area contributed by atoms with Gasteiger partial charge in [0.25, 0.3) is 0 Å². The van der Waals surface area contributed by atoms with Crippen molar-refractivity contribution in [3.05, 3.63) is 29.8 Å². The Balaban J connectivity index is 1.84. The topological polar surface area (TPSA) is 70.6 Å². The summed E-state index contributed by atoms with van der Waals surface area (Å²) in [7, 11) is 0. The summed E-state index contributed by atoms with van der Waals surface area (Å²) in [6.45, 7) is 4.41. The van der Waals surface area contributed by atoms with Gasteiger partial charge in [0.15, 0.2) is 0 Å². The third-order valence-electron chi connectivity index (χ3n) is 3.47. The molecule has 1 aromatic rings. The first-order valence-electron chi connectivity index (χ1n) is 7.01. The predicted molar refractivity (Wildman–Crippen MR) is 77.7 cm³/mol. The molecule has 0 bridgehead atoms. The number of anilines is 1. The first-order chi connectivity index (χ1) is 9.54. The number of rotatable bonds is 3. The Hall–Kier alpha value is -1.59. The van der Waals surface area contributed by atoms with E-state index in [0.29, 0.717) is 12.3 Å². The normalized spacial score (nSPS) is 23.9. The third kappa shape index (κ3) is 4.21. The van der Waals surface area contributed by atoms with Crippen LogP contribution in [0.15, 0.2) is 24.3 Å². The van der Waals surface area contributed by atoms with Crippen molar-refractivity contribution in [3.63, 3.8) is 0 Å². The molecule has 5 heteroatoms. The van der Waals surface area contributed by atoms with E-state index in [1.54, 1.807) is 31.2 Å². The molecular weight excluding hydrogens is 256 g/mol. The second-order valence-electron chi connectivity index (χ2n) is 5.30. The van der Waals surface area contributed by atoms with Crippen LogP contribution in [-0.2, 0) is 4.74 Å². The Morgan fingerprint density at radius 3 is 2.70 bits per heavy atom. The molecule has 20 heavy (non-hydrogen) atoms. The third-order valence-corrected chi connectivity index (χ3v) is 3.47. The molecule has 2 amide bonds. The van der Waals surface area contributed by atoms with E-state index in [-0.39, 0.29) is 18.2 Å². The SMILES string of the molecule is CC1CC(NC(=O)Nc2ccc(C(C)O)cc2)CCO1. The molecule has 1 heterocycles. The van der Waals surface area contributed by atoms with Crippen molar-refractivity contribution in [1.82, 2.24) is 5.32 Å². The molecule has 5 nitrogen and oxygen atoms in total. The Morgan fingerprint density at radius 1 is 1.40 bits per heavy atom. The average Bonchev–Trinajstić information content (AvgIpc) is 2.39. The van der Waals surface area contributed by atoms with Gasteiger partial charge >= 0.3 is 6.03 Å². The fraction of sp³-hybridized carbons (Fsp3) is 0.533. The Kier molecular flexibility index (Phi) is 4.98. The summed E-state index contributed by atoms with van der Waals surface area (Å²) in [5, 5.41) is 15.2. The van der Waals surface area contributed by atoms with Crippen LogP contribution in [0.3, 0.4) is 0 Å². The molecule has 0 saturated carbocycles. The van der Waals surface area contributed by atoms with Crippen molar-refractivity contribution in [1.29, 1.82) is 0 Å². The zero-order valence-electron chi connectivity index (χ0n) is 11.9. The number of nitrogens with one attached hydrogen (secondary N) is 2. The van der Waals surface area contributed by atoms with Gasteiger partial charge in [-0.2, -0.15) is 0 Å². The number of carbonyl (C=O) groups excluding carboxylic acids is 1. The van der Waals surface area contributed by atoms with Crippen molar-refractivity contribution < 1.29 is 14.6 Å². The van der Waals surface area contributed by atoms with Crippen LogP contribution in [0.25, 0.3) is 0 Å². The minimum Gasteiger partial charge on any atom is -0.389 e. The molecule has 3 unspecified atom stereocenters. The van der Waals surface area contributed by atoms with Gasteiger partial charge in [0.1, 0.15) is 0 Å². The molecule has 1 aromatic carbocycles. The number of amides is 2. The van der Waals surface area contributed by atoms with Crippen molar-refractivity contribution in [2.75, 3.05) is 11.9 Å². The Bertz CT molecular complexity index is 445. The van der Waals surface area contributed by atoms with Gasteiger partial charge in [-0.15, -0.1) is 0 Å². The van der Waals surface area contributed by atoms with Crippen LogP contribution in [0.1, 0.15) is 38.4 Å². The fourth-order valence-electron chi connectivity index (χ4n) is 2.33. The van der Waals surface area contributed by atoms with Crippen LogP contribution in [0.4, 0.5) is 10.5 Å². The highest BCUT2D eigenvalue weighted by Gasteiger charge is 2.20. The molecule has 3 atom stereocenters. The van der Waals surface area contributed by atoms with Crippen molar-refractivity contribution in [2.24, 2.45) is 0 Å². The second-order valence-corrected chi connectivity index (χ2v) is 5.30. The summed E-state index contributed by atoms with van der Waals surface area (Å²) in [6, 6.07) is 7.14. The van der Waals surface area contributed by atoms with Crippen molar-refractivity contribution in [3.8, 4) is 0 Å². The molecule has 1 fully saturated rings. The number of hydrogen-bond donors (Lipinski definition) is 3. The first-order valence-corrected chi connectivity index (χ1v) is 7.01. The minimum atomic E-state index is -0.499. The van der Waals surface area contributed by atoms with E-state index < -0.39 is 6.10 Å². The monoisotopic (exact) mass is 278 g/mol. The van der Waals surface area contributed by atoms with Gasteiger partial charge in [-0.3, -0.25) is 0 Å². The van der Waals surface area contributed by atoms with Gasteiger partial charge in [-0.05, 0) is 44.4 Å². The zero-order chi connectivity index (χ0) is 14.5. The zero-order valence-corrected chi connectivity index (χ0v) is 11.9. The van der Waals surface area contributed by atoms with Gasteiger partial charge in [0.2, 0.25) is 0 Å². The number of aliphatic hydroxyl groups is 1. The fourth-order valence-corrected chi connectivity index (χ4v) is 2.33. The quantitative estimate of drug-likeness (QED) is 0.795.